The van der Waals surface area contributed by atoms with Gasteiger partial charge in [0.15, 0.2) is 0 Å². The van der Waals surface area contributed by atoms with Crippen LogP contribution >= 0.6 is 0 Å². The number of methoxy groups -OCH3 is 1. The summed E-state index contributed by atoms with van der Waals surface area (Å²) in [6, 6.07) is 0. The van der Waals surface area contributed by atoms with Crippen LogP contribution in [0.2, 0.25) is 0 Å². The summed E-state index contributed by atoms with van der Waals surface area (Å²) in [5.41, 5.74) is 0. The highest BCUT2D eigenvalue weighted by molar-refractivity contribution is 4.63. The van der Waals surface area contributed by atoms with Gasteiger partial charge in [-0.25, -0.2) is 0 Å². The molecule has 0 aromatic carbocycles. The summed E-state index contributed by atoms with van der Waals surface area (Å²) >= 11 is 0. The Morgan fingerprint density at radius 3 is 2.43 bits per heavy atom. The molecule has 2 heteroatoms. The van der Waals surface area contributed by atoms with Crippen LogP contribution in [0.15, 0.2) is 0 Å². The molecule has 0 aliphatic heterocycles. The fraction of sp³-hybridized carbons (Fsp3) is 1.00. The van der Waals surface area contributed by atoms with Crippen molar-refractivity contribution in [2.75, 3.05) is 27.3 Å². The van der Waals surface area contributed by atoms with Gasteiger partial charge in [0.05, 0.1) is 0 Å². The number of rotatable bonds is 9. The molecule has 0 radical (unpaired) electrons. The van der Waals surface area contributed by atoms with Crippen molar-refractivity contribution in [3.63, 3.8) is 0 Å². The van der Waals surface area contributed by atoms with Gasteiger partial charge in [0.2, 0.25) is 0 Å². The largest absolute Gasteiger partial charge is 0.385 e. The fourth-order valence-electron chi connectivity index (χ4n) is 1.94. The average molecular weight is 201 g/mol. The summed E-state index contributed by atoms with van der Waals surface area (Å²) < 4.78 is 5.05. The molecule has 0 spiro atoms. The van der Waals surface area contributed by atoms with E-state index in [1.807, 2.05) is 7.05 Å². The molecule has 0 saturated heterocycles. The molecular formula is C12H27NO. The highest BCUT2D eigenvalue weighted by Gasteiger charge is 2.09. The molecule has 0 aliphatic carbocycles. The molecule has 0 amide bonds. The van der Waals surface area contributed by atoms with Gasteiger partial charge in [-0.2, -0.15) is 0 Å². The van der Waals surface area contributed by atoms with Crippen molar-refractivity contribution in [1.82, 2.24) is 5.32 Å². The quantitative estimate of drug-likeness (QED) is 0.579. The molecule has 0 saturated carbocycles. The van der Waals surface area contributed by atoms with Crippen LogP contribution in [0.4, 0.5) is 0 Å². The van der Waals surface area contributed by atoms with Gasteiger partial charge in [0.1, 0.15) is 0 Å². The van der Waals surface area contributed by atoms with Gasteiger partial charge in [-0.15, -0.1) is 0 Å². The van der Waals surface area contributed by atoms with Gasteiger partial charge in [-0.3, -0.25) is 0 Å². The average Bonchev–Trinajstić information content (AvgIpc) is 2.12. The molecule has 0 aromatic heterocycles. The molecular weight excluding hydrogens is 174 g/mol. The van der Waals surface area contributed by atoms with Crippen LogP contribution in [0.25, 0.3) is 0 Å². The summed E-state index contributed by atoms with van der Waals surface area (Å²) in [7, 11) is 3.82. The Kier molecular flexibility index (Phi) is 9.42. The van der Waals surface area contributed by atoms with Crippen LogP contribution in [-0.4, -0.2) is 27.3 Å². The first kappa shape index (κ1) is 13.9. The maximum absolute atomic E-state index is 5.05. The van der Waals surface area contributed by atoms with E-state index in [9.17, 15) is 0 Å². The van der Waals surface area contributed by atoms with E-state index in [1.165, 1.54) is 25.7 Å². The lowest BCUT2D eigenvalue weighted by atomic mass is 9.92. The van der Waals surface area contributed by atoms with E-state index < -0.39 is 0 Å². The van der Waals surface area contributed by atoms with E-state index in [2.05, 4.69) is 19.2 Å². The first-order valence-electron chi connectivity index (χ1n) is 5.84. The van der Waals surface area contributed by atoms with Crippen LogP contribution in [0.3, 0.4) is 0 Å². The SMILES string of the molecule is CNCC(CCCCOC)CC(C)C. The molecule has 0 rings (SSSR count). The normalized spacial score (nSPS) is 13.5. The van der Waals surface area contributed by atoms with Gasteiger partial charge >= 0.3 is 0 Å². The third-order valence-corrected chi connectivity index (χ3v) is 2.51. The summed E-state index contributed by atoms with van der Waals surface area (Å²) in [6.07, 6.45) is 5.18. The van der Waals surface area contributed by atoms with Gasteiger partial charge in [-0.1, -0.05) is 20.3 Å². The third kappa shape index (κ3) is 8.52. The lowest BCUT2D eigenvalue weighted by molar-refractivity contribution is 0.189. The van der Waals surface area contributed by atoms with Gasteiger partial charge in [0, 0.05) is 13.7 Å². The summed E-state index contributed by atoms with van der Waals surface area (Å²) in [4.78, 5) is 0. The molecule has 0 aromatic rings. The zero-order valence-corrected chi connectivity index (χ0v) is 10.3. The standard InChI is InChI=1S/C12H27NO/c1-11(2)9-12(10-13-3)7-5-6-8-14-4/h11-13H,5-10H2,1-4H3. The smallest absolute Gasteiger partial charge is 0.0462 e. The van der Waals surface area contributed by atoms with Crippen LogP contribution in [0, 0.1) is 11.8 Å². The number of unbranched alkanes of at least 4 members (excludes halogenated alkanes) is 1. The number of hydrogen-bond donors (Lipinski definition) is 1. The van der Waals surface area contributed by atoms with Crippen molar-refractivity contribution >= 4 is 0 Å². The van der Waals surface area contributed by atoms with Gasteiger partial charge in [-0.05, 0) is 44.7 Å². The zero-order valence-electron chi connectivity index (χ0n) is 10.3. The van der Waals surface area contributed by atoms with E-state index >= 15 is 0 Å². The Morgan fingerprint density at radius 1 is 1.21 bits per heavy atom. The molecule has 1 unspecified atom stereocenters. The van der Waals surface area contributed by atoms with Gasteiger partial charge < -0.3 is 10.1 Å². The minimum Gasteiger partial charge on any atom is -0.385 e. The second kappa shape index (κ2) is 9.47. The van der Waals surface area contributed by atoms with Crippen LogP contribution in [-0.2, 0) is 4.74 Å². The van der Waals surface area contributed by atoms with Crippen LogP contribution in [0.1, 0.15) is 39.5 Å². The second-order valence-electron chi connectivity index (χ2n) is 4.54. The first-order chi connectivity index (χ1) is 6.70. The zero-order chi connectivity index (χ0) is 10.8. The number of ether oxygens (including phenoxy) is 1. The maximum Gasteiger partial charge on any atom is 0.0462 e. The predicted octanol–water partition coefficient (Wildman–Crippen LogP) is 2.68. The van der Waals surface area contributed by atoms with Crippen molar-refractivity contribution in [2.24, 2.45) is 11.8 Å². The molecule has 1 atom stereocenters. The number of nitrogens with one attached hydrogen (secondary N) is 1. The van der Waals surface area contributed by atoms with Crippen LogP contribution < -0.4 is 5.32 Å². The predicted molar refractivity (Wildman–Crippen MR) is 62.6 cm³/mol. The fourth-order valence-corrected chi connectivity index (χ4v) is 1.94. The van der Waals surface area contributed by atoms with E-state index in [0.717, 1.165) is 25.0 Å². The van der Waals surface area contributed by atoms with Crippen LogP contribution in [0.5, 0.6) is 0 Å². The highest BCUT2D eigenvalue weighted by Crippen LogP contribution is 2.17. The van der Waals surface area contributed by atoms with E-state index in [-0.39, 0.29) is 0 Å². The Bertz CT molecular complexity index is 115. The monoisotopic (exact) mass is 201 g/mol. The van der Waals surface area contributed by atoms with Crippen molar-refractivity contribution in [3.05, 3.63) is 0 Å². The Hall–Kier alpha value is -0.0800. The molecule has 0 heterocycles. The molecule has 86 valence electrons. The lowest BCUT2D eigenvalue weighted by Crippen LogP contribution is -2.20. The molecule has 2 nitrogen and oxygen atoms in total. The molecule has 1 N–H and O–H groups in total. The third-order valence-electron chi connectivity index (χ3n) is 2.51. The Morgan fingerprint density at radius 2 is 1.93 bits per heavy atom. The summed E-state index contributed by atoms with van der Waals surface area (Å²) in [6.45, 7) is 6.68. The van der Waals surface area contributed by atoms with E-state index in [1.54, 1.807) is 7.11 Å². The summed E-state index contributed by atoms with van der Waals surface area (Å²) in [5, 5.41) is 3.28. The van der Waals surface area contributed by atoms with Gasteiger partial charge in [0.25, 0.3) is 0 Å². The molecule has 0 bridgehead atoms. The topological polar surface area (TPSA) is 21.3 Å². The van der Waals surface area contributed by atoms with E-state index in [4.69, 9.17) is 4.74 Å². The molecule has 0 fully saturated rings. The first-order valence-corrected chi connectivity index (χ1v) is 5.84. The minimum atomic E-state index is 0.816. The second-order valence-corrected chi connectivity index (χ2v) is 4.54. The molecule has 0 aliphatic rings. The Balaban J connectivity index is 3.51. The Labute approximate surface area is 89.4 Å². The van der Waals surface area contributed by atoms with E-state index in [0.29, 0.717) is 0 Å². The lowest BCUT2D eigenvalue weighted by Gasteiger charge is -2.18. The maximum atomic E-state index is 5.05. The minimum absolute atomic E-state index is 0.816. The highest BCUT2D eigenvalue weighted by atomic mass is 16.5. The van der Waals surface area contributed by atoms with Crippen molar-refractivity contribution in [1.29, 1.82) is 0 Å². The summed E-state index contributed by atoms with van der Waals surface area (Å²) in [5.74, 6) is 1.66. The van der Waals surface area contributed by atoms with Crippen molar-refractivity contribution < 1.29 is 4.74 Å². The van der Waals surface area contributed by atoms with Crippen molar-refractivity contribution in [3.8, 4) is 0 Å². The van der Waals surface area contributed by atoms with Crippen molar-refractivity contribution in [2.45, 2.75) is 39.5 Å². The molecule has 14 heavy (non-hydrogen) atoms. The number of hydrogen-bond acceptors (Lipinski definition) is 2.